The van der Waals surface area contributed by atoms with Crippen molar-refractivity contribution in [2.45, 2.75) is 25.7 Å². The summed E-state index contributed by atoms with van der Waals surface area (Å²) >= 11 is 3.45. The number of hydrogen-bond acceptors (Lipinski definition) is 2. The Labute approximate surface area is 97.7 Å². The molecule has 0 N–H and O–H groups in total. The van der Waals surface area contributed by atoms with Gasteiger partial charge in [0.05, 0.1) is 11.9 Å². The topological polar surface area (TPSA) is 30.2 Å². The monoisotopic (exact) mass is 266 g/mol. The lowest BCUT2D eigenvalue weighted by molar-refractivity contribution is 0.732. The van der Waals surface area contributed by atoms with Crippen molar-refractivity contribution >= 4 is 21.6 Å². The Balaban J connectivity index is 2.26. The van der Waals surface area contributed by atoms with E-state index >= 15 is 0 Å². The third kappa shape index (κ3) is 2.20. The molecule has 3 nitrogen and oxygen atoms in total. The zero-order chi connectivity index (χ0) is 10.7. The smallest absolute Gasteiger partial charge is 0.159 e. The van der Waals surface area contributed by atoms with Gasteiger partial charge < -0.3 is 0 Å². The standard InChI is InChI=1S/C11H13BrN3/c1-2-3-4-5-9-11-14-8-10(12)15(11)7-6-13-9/h6-8H,1-5H2. The van der Waals surface area contributed by atoms with E-state index in [1.807, 2.05) is 23.0 Å². The molecule has 0 aliphatic carbocycles. The van der Waals surface area contributed by atoms with E-state index in [0.29, 0.717) is 0 Å². The van der Waals surface area contributed by atoms with Crippen LogP contribution in [0.15, 0.2) is 23.2 Å². The van der Waals surface area contributed by atoms with Crippen LogP contribution in [0.4, 0.5) is 0 Å². The van der Waals surface area contributed by atoms with Crippen molar-refractivity contribution in [2.75, 3.05) is 0 Å². The quantitative estimate of drug-likeness (QED) is 0.797. The van der Waals surface area contributed by atoms with Crippen LogP contribution >= 0.6 is 15.9 Å². The van der Waals surface area contributed by atoms with Gasteiger partial charge in [-0.1, -0.05) is 19.8 Å². The molecule has 1 radical (unpaired) electrons. The number of nitrogens with zero attached hydrogens (tertiary/aromatic N) is 3. The van der Waals surface area contributed by atoms with Gasteiger partial charge >= 0.3 is 0 Å². The average molecular weight is 267 g/mol. The number of halogens is 1. The highest BCUT2D eigenvalue weighted by Crippen LogP contribution is 2.16. The molecule has 0 atom stereocenters. The van der Waals surface area contributed by atoms with Crippen molar-refractivity contribution in [3.8, 4) is 0 Å². The van der Waals surface area contributed by atoms with Crippen LogP contribution in [0.2, 0.25) is 0 Å². The molecule has 0 bridgehead atoms. The molecule has 0 fully saturated rings. The van der Waals surface area contributed by atoms with E-state index in [9.17, 15) is 0 Å². The summed E-state index contributed by atoms with van der Waals surface area (Å²) in [5.74, 6) is 0. The van der Waals surface area contributed by atoms with Crippen molar-refractivity contribution in [1.82, 2.24) is 14.4 Å². The predicted octanol–water partition coefficient (Wildman–Crippen LogP) is 3.04. The molecule has 0 unspecified atom stereocenters. The molecule has 4 heteroatoms. The molecule has 2 aromatic rings. The van der Waals surface area contributed by atoms with Crippen LogP contribution in [0.5, 0.6) is 0 Å². The van der Waals surface area contributed by atoms with Gasteiger partial charge in [0.25, 0.3) is 0 Å². The molecule has 15 heavy (non-hydrogen) atoms. The van der Waals surface area contributed by atoms with Crippen LogP contribution in [0.1, 0.15) is 25.0 Å². The van der Waals surface area contributed by atoms with Gasteiger partial charge in [0.1, 0.15) is 4.60 Å². The molecule has 0 saturated heterocycles. The molecule has 2 rings (SSSR count). The Morgan fingerprint density at radius 1 is 1.33 bits per heavy atom. The SMILES string of the molecule is [CH2]CCCCc1nccn2c(Br)cnc12. The molecule has 79 valence electrons. The van der Waals surface area contributed by atoms with Gasteiger partial charge in [-0.2, -0.15) is 0 Å². The number of unbranched alkanes of at least 4 members (excludes halogenated alkanes) is 2. The Bertz CT molecular complexity index is 450. The fourth-order valence-corrected chi connectivity index (χ4v) is 1.98. The van der Waals surface area contributed by atoms with Crippen molar-refractivity contribution in [3.05, 3.63) is 35.8 Å². The van der Waals surface area contributed by atoms with E-state index < -0.39 is 0 Å². The van der Waals surface area contributed by atoms with E-state index in [-0.39, 0.29) is 0 Å². The Morgan fingerprint density at radius 3 is 3.00 bits per heavy atom. The summed E-state index contributed by atoms with van der Waals surface area (Å²) in [4.78, 5) is 8.70. The molecule has 0 saturated carbocycles. The van der Waals surface area contributed by atoms with Gasteiger partial charge in [-0.05, 0) is 28.8 Å². The Morgan fingerprint density at radius 2 is 2.20 bits per heavy atom. The van der Waals surface area contributed by atoms with Crippen molar-refractivity contribution in [1.29, 1.82) is 0 Å². The molecule has 0 aliphatic rings. The molecule has 0 amide bonds. The molecule has 0 aliphatic heterocycles. The highest BCUT2D eigenvalue weighted by atomic mass is 79.9. The number of aryl methyl sites for hydroxylation is 1. The summed E-state index contributed by atoms with van der Waals surface area (Å²) in [7, 11) is 0. The molecular weight excluding hydrogens is 254 g/mol. The van der Waals surface area contributed by atoms with Crippen LogP contribution in [0.3, 0.4) is 0 Å². The fourth-order valence-electron chi connectivity index (χ4n) is 1.59. The minimum atomic E-state index is 0.952. The van der Waals surface area contributed by atoms with E-state index in [4.69, 9.17) is 0 Å². The van der Waals surface area contributed by atoms with Gasteiger partial charge in [0.15, 0.2) is 5.65 Å². The lowest BCUT2D eigenvalue weighted by atomic mass is 10.1. The van der Waals surface area contributed by atoms with Crippen LogP contribution in [0, 0.1) is 6.92 Å². The number of fused-ring (bicyclic) bond motifs is 1. The lowest BCUT2D eigenvalue weighted by Gasteiger charge is -2.02. The normalized spacial score (nSPS) is 11.1. The van der Waals surface area contributed by atoms with Gasteiger partial charge in [-0.15, -0.1) is 0 Å². The van der Waals surface area contributed by atoms with E-state index in [2.05, 4.69) is 32.8 Å². The first kappa shape index (κ1) is 10.6. The van der Waals surface area contributed by atoms with Crippen molar-refractivity contribution < 1.29 is 0 Å². The summed E-state index contributed by atoms with van der Waals surface area (Å²) in [5, 5.41) is 0. The molecule has 0 spiro atoms. The summed E-state index contributed by atoms with van der Waals surface area (Å²) in [6.07, 6.45) is 9.77. The Hall–Kier alpha value is -0.900. The highest BCUT2D eigenvalue weighted by Gasteiger charge is 2.05. The summed E-state index contributed by atoms with van der Waals surface area (Å²) in [6.45, 7) is 3.83. The highest BCUT2D eigenvalue weighted by molar-refractivity contribution is 9.10. The fraction of sp³-hybridized carbons (Fsp3) is 0.364. The average Bonchev–Trinajstić information content (AvgIpc) is 2.62. The second-order valence-corrected chi connectivity index (χ2v) is 4.27. The van der Waals surface area contributed by atoms with E-state index in [1.165, 1.54) is 0 Å². The van der Waals surface area contributed by atoms with Crippen LogP contribution in [-0.4, -0.2) is 14.4 Å². The van der Waals surface area contributed by atoms with Crippen molar-refractivity contribution in [2.24, 2.45) is 0 Å². The lowest BCUT2D eigenvalue weighted by Crippen LogP contribution is -1.96. The van der Waals surface area contributed by atoms with Gasteiger partial charge in [-0.3, -0.25) is 9.38 Å². The minimum Gasteiger partial charge on any atom is -0.291 e. The molecular formula is C11H13BrN3. The van der Waals surface area contributed by atoms with E-state index in [0.717, 1.165) is 41.6 Å². The van der Waals surface area contributed by atoms with Crippen LogP contribution < -0.4 is 0 Å². The first-order valence-corrected chi connectivity index (χ1v) is 5.88. The van der Waals surface area contributed by atoms with Gasteiger partial charge in [0.2, 0.25) is 0 Å². The number of rotatable bonds is 4. The third-order valence-electron chi connectivity index (χ3n) is 2.37. The Kier molecular flexibility index (Phi) is 3.36. The van der Waals surface area contributed by atoms with E-state index in [1.54, 1.807) is 0 Å². The van der Waals surface area contributed by atoms with Gasteiger partial charge in [-0.25, -0.2) is 4.98 Å². The van der Waals surface area contributed by atoms with Gasteiger partial charge in [0, 0.05) is 12.4 Å². The molecule has 0 aromatic carbocycles. The maximum absolute atomic E-state index is 4.37. The number of imidazole rings is 1. The van der Waals surface area contributed by atoms with Crippen LogP contribution in [-0.2, 0) is 6.42 Å². The second kappa shape index (κ2) is 4.75. The largest absolute Gasteiger partial charge is 0.291 e. The summed E-state index contributed by atoms with van der Waals surface area (Å²) in [5.41, 5.74) is 2.02. The molecule has 2 aromatic heterocycles. The van der Waals surface area contributed by atoms with Crippen molar-refractivity contribution in [3.63, 3.8) is 0 Å². The maximum atomic E-state index is 4.37. The zero-order valence-corrected chi connectivity index (χ0v) is 10.1. The number of hydrogen-bond donors (Lipinski definition) is 0. The third-order valence-corrected chi connectivity index (χ3v) is 2.96. The first-order chi connectivity index (χ1) is 7.33. The maximum Gasteiger partial charge on any atom is 0.159 e. The second-order valence-electron chi connectivity index (χ2n) is 3.46. The predicted molar refractivity (Wildman–Crippen MR) is 63.6 cm³/mol. The van der Waals surface area contributed by atoms with Crippen LogP contribution in [0.25, 0.3) is 5.65 Å². The first-order valence-electron chi connectivity index (χ1n) is 5.08. The number of aromatic nitrogens is 3. The summed E-state index contributed by atoms with van der Waals surface area (Å²) < 4.78 is 2.98. The zero-order valence-electron chi connectivity index (χ0n) is 8.49. The minimum absolute atomic E-state index is 0.952. The molecule has 2 heterocycles. The summed E-state index contributed by atoms with van der Waals surface area (Å²) in [6, 6.07) is 0.